The van der Waals surface area contributed by atoms with Gasteiger partial charge in [0.05, 0.1) is 18.4 Å². The average molecular weight is 253 g/mol. The Morgan fingerprint density at radius 2 is 2.11 bits per heavy atom. The molecule has 0 aliphatic rings. The molecule has 1 aromatic heterocycles. The molecule has 5 nitrogen and oxygen atoms in total. The highest BCUT2D eigenvalue weighted by Gasteiger charge is 2.07. The number of nitrogens with zero attached hydrogens (tertiary/aromatic N) is 2. The summed E-state index contributed by atoms with van der Waals surface area (Å²) >= 11 is 0. The zero-order valence-electron chi connectivity index (χ0n) is 11.7. The third kappa shape index (κ3) is 5.53. The second-order valence-electron chi connectivity index (χ2n) is 4.34. The maximum absolute atomic E-state index is 5.23. The van der Waals surface area contributed by atoms with E-state index in [1.165, 1.54) is 0 Å². The number of aromatic nitrogens is 2. The number of nitrogens with one attached hydrogen (secondary N) is 1. The lowest BCUT2D eigenvalue weighted by Gasteiger charge is -2.10. The average Bonchev–Trinajstić information content (AvgIpc) is 2.34. The number of ether oxygens (including phenoxy) is 2. The summed E-state index contributed by atoms with van der Waals surface area (Å²) in [5.74, 6) is 0.841. The van der Waals surface area contributed by atoms with Crippen LogP contribution in [-0.4, -0.2) is 43.4 Å². The normalized spacial score (nSPS) is 12.7. The molecule has 0 bridgehead atoms. The van der Waals surface area contributed by atoms with E-state index in [0.717, 1.165) is 36.7 Å². The van der Waals surface area contributed by atoms with E-state index in [0.29, 0.717) is 6.61 Å². The van der Waals surface area contributed by atoms with E-state index in [-0.39, 0.29) is 6.10 Å². The van der Waals surface area contributed by atoms with Crippen molar-refractivity contribution in [1.29, 1.82) is 0 Å². The fourth-order valence-electron chi connectivity index (χ4n) is 1.61. The van der Waals surface area contributed by atoms with E-state index < -0.39 is 0 Å². The Kier molecular flexibility index (Phi) is 6.78. The predicted octanol–water partition coefficient (Wildman–Crippen LogP) is 1.10. The SMILES string of the molecule is COCCNCc1cc(C)nc(CC(C)OC)n1. The molecule has 0 aliphatic heterocycles. The van der Waals surface area contributed by atoms with E-state index in [9.17, 15) is 0 Å². The Bertz CT molecular complexity index is 358. The van der Waals surface area contributed by atoms with Crippen LogP contribution in [0, 0.1) is 6.92 Å². The molecule has 1 heterocycles. The Balaban J connectivity index is 2.57. The molecule has 0 aliphatic carbocycles. The van der Waals surface area contributed by atoms with Crippen LogP contribution < -0.4 is 5.32 Å². The van der Waals surface area contributed by atoms with E-state index in [2.05, 4.69) is 15.3 Å². The standard InChI is InChI=1S/C13H23N3O2/c1-10-7-12(9-14-5-6-17-3)16-13(15-10)8-11(2)18-4/h7,11,14H,5-6,8-9H2,1-4H3. The minimum Gasteiger partial charge on any atom is -0.383 e. The molecule has 0 saturated heterocycles. The Morgan fingerprint density at radius 3 is 2.78 bits per heavy atom. The van der Waals surface area contributed by atoms with Gasteiger partial charge in [0.25, 0.3) is 0 Å². The van der Waals surface area contributed by atoms with Crippen molar-refractivity contribution < 1.29 is 9.47 Å². The molecule has 0 saturated carbocycles. The molecular weight excluding hydrogens is 230 g/mol. The number of hydrogen-bond acceptors (Lipinski definition) is 5. The number of methoxy groups -OCH3 is 2. The van der Waals surface area contributed by atoms with Gasteiger partial charge in [-0.2, -0.15) is 0 Å². The van der Waals surface area contributed by atoms with Crippen LogP contribution >= 0.6 is 0 Å². The van der Waals surface area contributed by atoms with Crippen molar-refractivity contribution in [2.45, 2.75) is 32.9 Å². The molecule has 0 amide bonds. The van der Waals surface area contributed by atoms with Gasteiger partial charge in [-0.15, -0.1) is 0 Å². The fourth-order valence-corrected chi connectivity index (χ4v) is 1.61. The highest BCUT2D eigenvalue weighted by Crippen LogP contribution is 2.04. The first kappa shape index (κ1) is 15.0. The molecule has 0 aromatic carbocycles. The highest BCUT2D eigenvalue weighted by atomic mass is 16.5. The van der Waals surface area contributed by atoms with Gasteiger partial charge in [0, 0.05) is 39.4 Å². The summed E-state index contributed by atoms with van der Waals surface area (Å²) in [6.07, 6.45) is 0.879. The van der Waals surface area contributed by atoms with Gasteiger partial charge < -0.3 is 14.8 Å². The van der Waals surface area contributed by atoms with Crippen molar-refractivity contribution in [2.75, 3.05) is 27.4 Å². The van der Waals surface area contributed by atoms with Gasteiger partial charge in [-0.3, -0.25) is 0 Å². The molecule has 0 radical (unpaired) electrons. The molecule has 1 rings (SSSR count). The molecular formula is C13H23N3O2. The van der Waals surface area contributed by atoms with E-state index in [1.807, 2.05) is 19.9 Å². The Morgan fingerprint density at radius 1 is 1.33 bits per heavy atom. The zero-order chi connectivity index (χ0) is 13.4. The van der Waals surface area contributed by atoms with E-state index in [4.69, 9.17) is 9.47 Å². The summed E-state index contributed by atoms with van der Waals surface area (Å²) in [5.41, 5.74) is 2.00. The predicted molar refractivity (Wildman–Crippen MR) is 70.5 cm³/mol. The fraction of sp³-hybridized carbons (Fsp3) is 0.692. The minimum absolute atomic E-state index is 0.140. The smallest absolute Gasteiger partial charge is 0.131 e. The Labute approximate surface area is 109 Å². The largest absolute Gasteiger partial charge is 0.383 e. The molecule has 1 N–H and O–H groups in total. The van der Waals surface area contributed by atoms with Crippen molar-refractivity contribution >= 4 is 0 Å². The minimum atomic E-state index is 0.140. The van der Waals surface area contributed by atoms with Crippen LogP contribution in [0.3, 0.4) is 0 Å². The molecule has 1 unspecified atom stereocenters. The first-order chi connectivity index (χ1) is 8.65. The zero-order valence-corrected chi connectivity index (χ0v) is 11.7. The Hall–Kier alpha value is -1.04. The van der Waals surface area contributed by atoms with Crippen molar-refractivity contribution in [3.63, 3.8) is 0 Å². The van der Waals surface area contributed by atoms with Gasteiger partial charge in [0.2, 0.25) is 0 Å². The monoisotopic (exact) mass is 253 g/mol. The molecule has 18 heavy (non-hydrogen) atoms. The van der Waals surface area contributed by atoms with Gasteiger partial charge in [0.15, 0.2) is 0 Å². The summed E-state index contributed by atoms with van der Waals surface area (Å²) in [6.45, 7) is 6.27. The topological polar surface area (TPSA) is 56.3 Å². The van der Waals surface area contributed by atoms with Gasteiger partial charge in [0.1, 0.15) is 5.82 Å². The number of rotatable bonds is 8. The maximum atomic E-state index is 5.23. The summed E-state index contributed by atoms with van der Waals surface area (Å²) in [4.78, 5) is 8.95. The molecule has 0 spiro atoms. The molecule has 1 aromatic rings. The van der Waals surface area contributed by atoms with Crippen LogP contribution in [-0.2, 0) is 22.4 Å². The lowest BCUT2D eigenvalue weighted by Crippen LogP contribution is -2.20. The molecule has 0 fully saturated rings. The van der Waals surface area contributed by atoms with Gasteiger partial charge in [-0.25, -0.2) is 9.97 Å². The molecule has 5 heteroatoms. The lowest BCUT2D eigenvalue weighted by atomic mass is 10.2. The van der Waals surface area contributed by atoms with Crippen LogP contribution in [0.1, 0.15) is 24.1 Å². The first-order valence-electron chi connectivity index (χ1n) is 6.21. The highest BCUT2D eigenvalue weighted by molar-refractivity contribution is 5.10. The van der Waals surface area contributed by atoms with E-state index in [1.54, 1.807) is 14.2 Å². The van der Waals surface area contributed by atoms with Gasteiger partial charge in [-0.05, 0) is 19.9 Å². The van der Waals surface area contributed by atoms with E-state index >= 15 is 0 Å². The van der Waals surface area contributed by atoms with Crippen molar-refractivity contribution in [3.8, 4) is 0 Å². The first-order valence-corrected chi connectivity index (χ1v) is 6.21. The second kappa shape index (κ2) is 8.13. The number of aryl methyl sites for hydroxylation is 1. The van der Waals surface area contributed by atoms with Crippen molar-refractivity contribution in [3.05, 3.63) is 23.3 Å². The van der Waals surface area contributed by atoms with Crippen LogP contribution in [0.2, 0.25) is 0 Å². The third-order valence-electron chi connectivity index (χ3n) is 2.62. The third-order valence-corrected chi connectivity index (χ3v) is 2.62. The molecule has 102 valence electrons. The number of hydrogen-bond donors (Lipinski definition) is 1. The van der Waals surface area contributed by atoms with Crippen molar-refractivity contribution in [1.82, 2.24) is 15.3 Å². The van der Waals surface area contributed by atoms with Gasteiger partial charge in [-0.1, -0.05) is 0 Å². The molecule has 1 atom stereocenters. The maximum Gasteiger partial charge on any atom is 0.131 e. The van der Waals surface area contributed by atoms with Crippen LogP contribution in [0.15, 0.2) is 6.07 Å². The summed E-state index contributed by atoms with van der Waals surface area (Å²) in [6, 6.07) is 2.00. The summed E-state index contributed by atoms with van der Waals surface area (Å²) < 4.78 is 10.2. The second-order valence-corrected chi connectivity index (χ2v) is 4.34. The lowest BCUT2D eigenvalue weighted by molar-refractivity contribution is 0.117. The quantitative estimate of drug-likeness (QED) is 0.703. The van der Waals surface area contributed by atoms with Crippen LogP contribution in [0.4, 0.5) is 0 Å². The van der Waals surface area contributed by atoms with Crippen LogP contribution in [0.25, 0.3) is 0 Å². The summed E-state index contributed by atoms with van der Waals surface area (Å²) in [7, 11) is 3.40. The van der Waals surface area contributed by atoms with Crippen molar-refractivity contribution in [2.24, 2.45) is 0 Å². The summed E-state index contributed by atoms with van der Waals surface area (Å²) in [5, 5.41) is 3.28. The van der Waals surface area contributed by atoms with Gasteiger partial charge >= 0.3 is 0 Å². The van der Waals surface area contributed by atoms with Crippen LogP contribution in [0.5, 0.6) is 0 Å².